The van der Waals surface area contributed by atoms with Crippen LogP contribution in [-0.4, -0.2) is 36.0 Å². The lowest BCUT2D eigenvalue weighted by Crippen LogP contribution is -2.41. The molecule has 1 saturated heterocycles. The second-order valence-electron chi connectivity index (χ2n) is 7.50. The van der Waals surface area contributed by atoms with Gasteiger partial charge in [-0.05, 0) is 47.5 Å². The van der Waals surface area contributed by atoms with Crippen LogP contribution >= 0.6 is 0 Å². The summed E-state index contributed by atoms with van der Waals surface area (Å²) < 4.78 is 10.5. The Morgan fingerprint density at radius 2 is 1.77 bits per heavy atom. The van der Waals surface area contributed by atoms with Crippen LogP contribution in [0, 0.1) is 0 Å². The number of benzene rings is 3. The number of ether oxygens (including phenoxy) is 2. The van der Waals surface area contributed by atoms with Crippen molar-refractivity contribution in [3.63, 3.8) is 0 Å². The molecule has 2 aliphatic rings. The van der Waals surface area contributed by atoms with Crippen molar-refractivity contribution >= 4 is 28.5 Å². The van der Waals surface area contributed by atoms with Gasteiger partial charge in [0.25, 0.3) is 5.91 Å². The highest BCUT2D eigenvalue weighted by Crippen LogP contribution is 2.34. The first-order valence-corrected chi connectivity index (χ1v) is 9.52. The van der Waals surface area contributed by atoms with Crippen molar-refractivity contribution in [3.8, 4) is 11.5 Å². The third kappa shape index (κ3) is 2.78. The number of Topliss-reactive ketones (excluding diaryl/α,β-unsaturated/α-hetero) is 1. The number of urea groups is 1. The molecule has 3 aromatic rings. The number of nitrogens with zero attached hydrogens (tertiary/aromatic N) is 1. The Hall–Kier alpha value is -3.87. The predicted molar refractivity (Wildman–Crippen MR) is 108 cm³/mol. The van der Waals surface area contributed by atoms with E-state index in [9.17, 15) is 14.4 Å². The first-order chi connectivity index (χ1) is 14.5. The van der Waals surface area contributed by atoms with Crippen molar-refractivity contribution in [3.05, 3.63) is 71.8 Å². The Kier molecular flexibility index (Phi) is 3.99. The number of rotatable bonds is 4. The van der Waals surface area contributed by atoms with Crippen molar-refractivity contribution in [1.29, 1.82) is 0 Å². The average molecular weight is 402 g/mol. The zero-order valence-electron chi connectivity index (χ0n) is 16.2. The molecule has 2 aliphatic heterocycles. The monoisotopic (exact) mass is 402 g/mol. The number of carbonyl (C=O) groups excluding carboxylic acids is 3. The maximum atomic E-state index is 13.2. The van der Waals surface area contributed by atoms with Crippen LogP contribution in [0.2, 0.25) is 0 Å². The molecular weight excluding hydrogens is 384 g/mol. The minimum atomic E-state index is -1.24. The van der Waals surface area contributed by atoms with Crippen molar-refractivity contribution in [1.82, 2.24) is 10.2 Å². The number of amides is 3. The van der Waals surface area contributed by atoms with Crippen molar-refractivity contribution in [2.24, 2.45) is 0 Å². The molecule has 0 saturated carbocycles. The molecule has 0 radical (unpaired) electrons. The molecule has 1 fully saturated rings. The van der Waals surface area contributed by atoms with Crippen LogP contribution in [0.5, 0.6) is 11.5 Å². The van der Waals surface area contributed by atoms with E-state index in [4.69, 9.17) is 9.47 Å². The lowest BCUT2D eigenvalue weighted by molar-refractivity contribution is -0.130. The fourth-order valence-electron chi connectivity index (χ4n) is 3.84. The van der Waals surface area contributed by atoms with Gasteiger partial charge < -0.3 is 14.8 Å². The first kappa shape index (κ1) is 18.2. The summed E-state index contributed by atoms with van der Waals surface area (Å²) in [6.07, 6.45) is 0. The standard InChI is InChI=1S/C23H18N2O5/c1-23(17-8-6-14-4-2-3-5-15(14)10-17)21(27)25(22(28)24-23)12-18(26)16-7-9-19-20(11-16)30-13-29-19/h2-11H,12-13H2,1H3,(H,24,28)/t23-/m0/s1. The van der Waals surface area contributed by atoms with Crippen LogP contribution in [0.25, 0.3) is 10.8 Å². The predicted octanol–water partition coefficient (Wildman–Crippen LogP) is 3.22. The zero-order chi connectivity index (χ0) is 20.9. The molecule has 150 valence electrons. The molecule has 0 unspecified atom stereocenters. The minimum Gasteiger partial charge on any atom is -0.454 e. The molecule has 7 heteroatoms. The zero-order valence-corrected chi connectivity index (χ0v) is 16.2. The van der Waals surface area contributed by atoms with Crippen LogP contribution in [0.1, 0.15) is 22.8 Å². The Morgan fingerprint density at radius 1 is 1.00 bits per heavy atom. The van der Waals surface area contributed by atoms with Gasteiger partial charge in [0.2, 0.25) is 6.79 Å². The molecule has 0 spiro atoms. The molecule has 0 aliphatic carbocycles. The third-order valence-corrected chi connectivity index (χ3v) is 5.60. The second-order valence-corrected chi connectivity index (χ2v) is 7.50. The van der Waals surface area contributed by atoms with Gasteiger partial charge in [0.15, 0.2) is 17.3 Å². The van der Waals surface area contributed by atoms with Crippen LogP contribution in [0.4, 0.5) is 4.79 Å². The SMILES string of the molecule is C[C@@]1(c2ccc3ccccc3c2)NC(=O)N(CC(=O)c2ccc3c(c2)OCO3)C1=O. The van der Waals surface area contributed by atoms with Gasteiger partial charge in [0, 0.05) is 5.56 Å². The normalized spacial score (nSPS) is 20.0. The Bertz CT molecular complexity index is 1220. The summed E-state index contributed by atoms with van der Waals surface area (Å²) >= 11 is 0. The number of hydrogen-bond acceptors (Lipinski definition) is 5. The number of carbonyl (C=O) groups is 3. The number of hydrogen-bond donors (Lipinski definition) is 1. The molecule has 0 bridgehead atoms. The van der Waals surface area contributed by atoms with E-state index in [-0.39, 0.29) is 19.1 Å². The van der Waals surface area contributed by atoms with E-state index in [1.54, 1.807) is 25.1 Å². The lowest BCUT2D eigenvalue weighted by atomic mass is 9.90. The van der Waals surface area contributed by atoms with Gasteiger partial charge in [-0.2, -0.15) is 0 Å². The Balaban J connectivity index is 1.41. The van der Waals surface area contributed by atoms with E-state index >= 15 is 0 Å². The van der Waals surface area contributed by atoms with E-state index in [0.717, 1.165) is 15.7 Å². The topological polar surface area (TPSA) is 84.9 Å². The Morgan fingerprint density at radius 3 is 2.60 bits per heavy atom. The second kappa shape index (κ2) is 6.59. The van der Waals surface area contributed by atoms with E-state index in [1.807, 2.05) is 42.5 Å². The molecule has 1 N–H and O–H groups in total. The third-order valence-electron chi connectivity index (χ3n) is 5.60. The van der Waals surface area contributed by atoms with E-state index in [0.29, 0.717) is 22.6 Å². The van der Waals surface area contributed by atoms with Crippen LogP contribution in [-0.2, 0) is 10.3 Å². The van der Waals surface area contributed by atoms with Gasteiger partial charge in [0.1, 0.15) is 5.54 Å². The number of nitrogens with one attached hydrogen (secondary N) is 1. The van der Waals surface area contributed by atoms with Gasteiger partial charge in [0.05, 0.1) is 6.54 Å². The average Bonchev–Trinajstić information content (AvgIpc) is 3.31. The van der Waals surface area contributed by atoms with E-state index < -0.39 is 17.5 Å². The van der Waals surface area contributed by atoms with Crippen molar-refractivity contribution in [2.75, 3.05) is 13.3 Å². The maximum absolute atomic E-state index is 13.2. The summed E-state index contributed by atoms with van der Waals surface area (Å²) in [5.41, 5.74) is -0.229. The number of ketones is 1. The van der Waals surface area contributed by atoms with Gasteiger partial charge >= 0.3 is 6.03 Å². The van der Waals surface area contributed by atoms with Crippen LogP contribution < -0.4 is 14.8 Å². The Labute approximate surface area is 172 Å². The molecule has 0 aromatic heterocycles. The van der Waals surface area contributed by atoms with Crippen molar-refractivity contribution in [2.45, 2.75) is 12.5 Å². The summed E-state index contributed by atoms with van der Waals surface area (Å²) in [5, 5.41) is 4.75. The van der Waals surface area contributed by atoms with Crippen LogP contribution in [0.3, 0.4) is 0 Å². The molecular formula is C23H18N2O5. The summed E-state index contributed by atoms with van der Waals surface area (Å²) in [5.74, 6) is 0.209. The molecule has 3 aromatic carbocycles. The summed E-state index contributed by atoms with van der Waals surface area (Å²) in [6.45, 7) is 1.40. The molecule has 1 atom stereocenters. The fraction of sp³-hybridized carbons (Fsp3) is 0.174. The van der Waals surface area contributed by atoms with Gasteiger partial charge in [-0.3, -0.25) is 14.5 Å². The largest absolute Gasteiger partial charge is 0.454 e. The molecule has 7 nitrogen and oxygen atoms in total. The summed E-state index contributed by atoms with van der Waals surface area (Å²) in [4.78, 5) is 39.5. The smallest absolute Gasteiger partial charge is 0.325 e. The summed E-state index contributed by atoms with van der Waals surface area (Å²) in [6, 6.07) is 17.6. The first-order valence-electron chi connectivity index (χ1n) is 9.52. The molecule has 2 heterocycles. The fourth-order valence-corrected chi connectivity index (χ4v) is 3.84. The van der Waals surface area contributed by atoms with Gasteiger partial charge in [-0.15, -0.1) is 0 Å². The molecule has 30 heavy (non-hydrogen) atoms. The highest BCUT2D eigenvalue weighted by Gasteiger charge is 2.49. The lowest BCUT2D eigenvalue weighted by Gasteiger charge is -2.22. The highest BCUT2D eigenvalue weighted by atomic mass is 16.7. The van der Waals surface area contributed by atoms with Gasteiger partial charge in [-0.1, -0.05) is 36.4 Å². The highest BCUT2D eigenvalue weighted by molar-refractivity contribution is 6.11. The maximum Gasteiger partial charge on any atom is 0.325 e. The molecule has 3 amide bonds. The van der Waals surface area contributed by atoms with Crippen molar-refractivity contribution < 1.29 is 23.9 Å². The van der Waals surface area contributed by atoms with Crippen LogP contribution in [0.15, 0.2) is 60.7 Å². The number of imide groups is 1. The van der Waals surface area contributed by atoms with E-state index in [1.165, 1.54) is 0 Å². The number of fused-ring (bicyclic) bond motifs is 2. The van der Waals surface area contributed by atoms with Gasteiger partial charge in [-0.25, -0.2) is 4.79 Å². The minimum absolute atomic E-state index is 0.101. The molecule has 5 rings (SSSR count). The van der Waals surface area contributed by atoms with E-state index in [2.05, 4.69) is 5.32 Å². The summed E-state index contributed by atoms with van der Waals surface area (Å²) in [7, 11) is 0. The quantitative estimate of drug-likeness (QED) is 0.535.